The van der Waals surface area contributed by atoms with Gasteiger partial charge in [-0.3, -0.25) is 0 Å². The molecule has 0 aliphatic carbocycles. The summed E-state index contributed by atoms with van der Waals surface area (Å²) < 4.78 is 5.38. The van der Waals surface area contributed by atoms with Gasteiger partial charge in [-0.1, -0.05) is 84.9 Å². The van der Waals surface area contributed by atoms with Crippen LogP contribution in [0.1, 0.15) is 0 Å². The molecule has 5 aromatic carbocycles. The summed E-state index contributed by atoms with van der Waals surface area (Å²) in [5.41, 5.74) is 5.22. The highest BCUT2D eigenvalue weighted by Crippen LogP contribution is 2.45. The van der Waals surface area contributed by atoms with Crippen molar-refractivity contribution < 1.29 is 0 Å². The van der Waals surface area contributed by atoms with Gasteiger partial charge in [0.25, 0.3) is 0 Å². The Balaban J connectivity index is 1.59. The van der Waals surface area contributed by atoms with Crippen LogP contribution < -0.4 is 0 Å². The van der Waals surface area contributed by atoms with E-state index in [0.717, 1.165) is 0 Å². The Bertz CT molecular complexity index is 1650. The Morgan fingerprint density at radius 1 is 0.312 bits per heavy atom. The smallest absolute Gasteiger partial charge is 0.0361 e. The molecule has 2 aromatic heterocycles. The van der Waals surface area contributed by atoms with Crippen molar-refractivity contribution in [2.45, 2.75) is 0 Å². The average molecular weight is 443 g/mol. The van der Waals surface area contributed by atoms with Crippen molar-refractivity contribution in [3.8, 4) is 22.3 Å². The van der Waals surface area contributed by atoms with Crippen molar-refractivity contribution in [3.63, 3.8) is 0 Å². The summed E-state index contributed by atoms with van der Waals surface area (Å²) in [6.07, 6.45) is 0. The molecule has 0 bridgehead atoms. The van der Waals surface area contributed by atoms with E-state index >= 15 is 0 Å². The molecule has 0 fully saturated rings. The van der Waals surface area contributed by atoms with E-state index in [4.69, 9.17) is 0 Å². The zero-order chi connectivity index (χ0) is 21.1. The number of benzene rings is 5. The Morgan fingerprint density at radius 2 is 0.688 bits per heavy atom. The molecule has 0 radical (unpaired) electrons. The lowest BCUT2D eigenvalue weighted by molar-refractivity contribution is 1.64. The van der Waals surface area contributed by atoms with Crippen LogP contribution in [-0.4, -0.2) is 0 Å². The maximum Gasteiger partial charge on any atom is 0.0361 e. The van der Waals surface area contributed by atoms with Gasteiger partial charge in [0.1, 0.15) is 0 Å². The second-order valence-corrected chi connectivity index (χ2v) is 10.3. The highest BCUT2D eigenvalue weighted by Gasteiger charge is 2.16. The van der Waals surface area contributed by atoms with E-state index in [2.05, 4.69) is 109 Å². The van der Waals surface area contributed by atoms with E-state index in [1.54, 1.807) is 0 Å². The van der Waals surface area contributed by atoms with Crippen LogP contribution in [-0.2, 0) is 0 Å². The second-order valence-electron chi connectivity index (χ2n) is 8.10. The van der Waals surface area contributed by atoms with Gasteiger partial charge in [-0.05, 0) is 46.5 Å². The molecule has 0 N–H and O–H groups in total. The van der Waals surface area contributed by atoms with E-state index in [0.29, 0.717) is 0 Å². The summed E-state index contributed by atoms with van der Waals surface area (Å²) in [6, 6.07) is 39.9. The van der Waals surface area contributed by atoms with Crippen LogP contribution in [0, 0.1) is 0 Å². The predicted octanol–water partition coefficient (Wildman–Crippen LogP) is 9.76. The fraction of sp³-hybridized carbons (Fsp3) is 0. The molecule has 7 rings (SSSR count). The van der Waals surface area contributed by atoms with Gasteiger partial charge in [-0.15, -0.1) is 22.7 Å². The first-order valence-electron chi connectivity index (χ1n) is 10.8. The van der Waals surface area contributed by atoms with Crippen molar-refractivity contribution in [1.29, 1.82) is 0 Å². The quantitative estimate of drug-likeness (QED) is 0.250. The molecular weight excluding hydrogens is 424 g/mol. The van der Waals surface area contributed by atoms with Crippen LogP contribution in [0.15, 0.2) is 109 Å². The van der Waals surface area contributed by atoms with E-state index in [1.165, 1.54) is 62.6 Å². The molecule has 32 heavy (non-hydrogen) atoms. The van der Waals surface area contributed by atoms with Gasteiger partial charge >= 0.3 is 0 Å². The monoisotopic (exact) mass is 442 g/mol. The lowest BCUT2D eigenvalue weighted by Crippen LogP contribution is -1.87. The Labute approximate surface area is 194 Å². The summed E-state index contributed by atoms with van der Waals surface area (Å²) in [5.74, 6) is 0. The number of hydrogen-bond donors (Lipinski definition) is 0. The standard InChI is InChI=1S/C30H18S2/c1-2-10-20(22-14-8-18-28-30(22)24-12-4-6-16-26(24)32-28)19(9-1)21-13-7-17-27-29(21)23-11-3-5-15-25(23)31-27/h1-18H. The minimum Gasteiger partial charge on any atom is -0.135 e. The molecule has 0 nitrogen and oxygen atoms in total. The maximum absolute atomic E-state index is 2.28. The molecule has 0 amide bonds. The maximum atomic E-state index is 2.28. The zero-order valence-corrected chi connectivity index (χ0v) is 18.8. The lowest BCUT2D eigenvalue weighted by atomic mass is 9.90. The van der Waals surface area contributed by atoms with Gasteiger partial charge in [0.05, 0.1) is 0 Å². The second kappa shape index (κ2) is 7.03. The minimum absolute atomic E-state index is 1.30. The summed E-state index contributed by atoms with van der Waals surface area (Å²) in [7, 11) is 0. The minimum atomic E-state index is 1.30. The highest BCUT2D eigenvalue weighted by molar-refractivity contribution is 7.26. The topological polar surface area (TPSA) is 0 Å². The van der Waals surface area contributed by atoms with Crippen molar-refractivity contribution in [1.82, 2.24) is 0 Å². The van der Waals surface area contributed by atoms with Crippen LogP contribution in [0.5, 0.6) is 0 Å². The molecule has 0 aliphatic rings. The largest absolute Gasteiger partial charge is 0.135 e. The molecule has 2 heterocycles. The van der Waals surface area contributed by atoms with E-state index in [9.17, 15) is 0 Å². The Kier molecular flexibility index (Phi) is 3.98. The summed E-state index contributed by atoms with van der Waals surface area (Å²) >= 11 is 3.76. The number of fused-ring (bicyclic) bond motifs is 6. The average Bonchev–Trinajstić information content (AvgIpc) is 3.42. The molecule has 0 aliphatic heterocycles. The molecule has 0 saturated heterocycles. The molecule has 150 valence electrons. The molecule has 7 aromatic rings. The molecule has 0 atom stereocenters. The van der Waals surface area contributed by atoms with Gasteiger partial charge < -0.3 is 0 Å². The van der Waals surface area contributed by atoms with Gasteiger partial charge in [-0.2, -0.15) is 0 Å². The van der Waals surface area contributed by atoms with Gasteiger partial charge in [0.2, 0.25) is 0 Å². The van der Waals surface area contributed by atoms with E-state index in [1.807, 2.05) is 22.7 Å². The van der Waals surface area contributed by atoms with E-state index in [-0.39, 0.29) is 0 Å². The van der Waals surface area contributed by atoms with E-state index < -0.39 is 0 Å². The lowest BCUT2D eigenvalue weighted by Gasteiger charge is -2.13. The number of rotatable bonds is 2. The SMILES string of the molecule is c1ccc(-c2cccc3sc4ccccc4c23)c(-c2cccc3sc4ccccc4c23)c1. The van der Waals surface area contributed by atoms with Gasteiger partial charge in [-0.25, -0.2) is 0 Å². The highest BCUT2D eigenvalue weighted by atomic mass is 32.1. The van der Waals surface area contributed by atoms with Gasteiger partial charge in [0.15, 0.2) is 0 Å². The fourth-order valence-electron chi connectivity index (χ4n) is 4.95. The zero-order valence-electron chi connectivity index (χ0n) is 17.2. The predicted molar refractivity (Wildman–Crippen MR) is 143 cm³/mol. The first-order valence-corrected chi connectivity index (χ1v) is 12.4. The summed E-state index contributed by atoms with van der Waals surface area (Å²) in [5, 5.41) is 5.42. The van der Waals surface area contributed by atoms with Gasteiger partial charge in [0, 0.05) is 40.3 Å². The third-order valence-corrected chi connectivity index (χ3v) is 8.58. The number of hydrogen-bond acceptors (Lipinski definition) is 2. The van der Waals surface area contributed by atoms with Crippen LogP contribution in [0.2, 0.25) is 0 Å². The van der Waals surface area contributed by atoms with Crippen molar-refractivity contribution in [2.24, 2.45) is 0 Å². The van der Waals surface area contributed by atoms with Crippen LogP contribution in [0.3, 0.4) is 0 Å². The molecule has 2 heteroatoms. The first kappa shape index (κ1) is 18.1. The molecular formula is C30H18S2. The van der Waals surface area contributed by atoms with Crippen LogP contribution >= 0.6 is 22.7 Å². The normalized spacial score (nSPS) is 11.8. The third-order valence-electron chi connectivity index (χ3n) is 6.31. The molecule has 0 saturated carbocycles. The molecule has 0 spiro atoms. The summed E-state index contributed by atoms with van der Waals surface area (Å²) in [4.78, 5) is 0. The number of thiophene rings is 2. The van der Waals surface area contributed by atoms with Crippen LogP contribution in [0.4, 0.5) is 0 Å². The third kappa shape index (κ3) is 2.60. The Hall–Kier alpha value is -3.46. The van der Waals surface area contributed by atoms with Crippen molar-refractivity contribution in [2.75, 3.05) is 0 Å². The molecule has 0 unspecified atom stereocenters. The fourth-order valence-corrected chi connectivity index (χ4v) is 7.22. The Morgan fingerprint density at radius 3 is 1.19 bits per heavy atom. The van der Waals surface area contributed by atoms with Crippen molar-refractivity contribution in [3.05, 3.63) is 109 Å². The first-order chi connectivity index (χ1) is 15.9. The van der Waals surface area contributed by atoms with Crippen molar-refractivity contribution >= 4 is 63.0 Å². The summed E-state index contributed by atoms with van der Waals surface area (Å²) in [6.45, 7) is 0. The van der Waals surface area contributed by atoms with Crippen LogP contribution in [0.25, 0.3) is 62.6 Å².